The highest BCUT2D eigenvalue weighted by Crippen LogP contribution is 2.29. The van der Waals surface area contributed by atoms with Gasteiger partial charge in [-0.25, -0.2) is 4.98 Å². The lowest BCUT2D eigenvalue weighted by Crippen LogP contribution is -2.30. The van der Waals surface area contributed by atoms with Crippen LogP contribution in [-0.2, 0) is 7.05 Å². The molecule has 2 aromatic heterocycles. The number of carbonyl (C=O) groups is 1. The first kappa shape index (κ1) is 15.4. The molecule has 1 amide bonds. The maximum atomic E-state index is 13.0. The van der Waals surface area contributed by atoms with Crippen LogP contribution in [0.15, 0.2) is 41.5 Å². The molecule has 0 saturated carbocycles. The molecule has 0 aliphatic heterocycles. The van der Waals surface area contributed by atoms with E-state index < -0.39 is 0 Å². The van der Waals surface area contributed by atoms with E-state index in [-0.39, 0.29) is 11.5 Å². The van der Waals surface area contributed by atoms with Crippen LogP contribution >= 0.6 is 11.3 Å². The highest BCUT2D eigenvalue weighted by molar-refractivity contribution is 7.20. The summed E-state index contributed by atoms with van der Waals surface area (Å²) < 4.78 is 1.44. The molecule has 0 bridgehead atoms. The Morgan fingerprint density at radius 1 is 1.30 bits per heavy atom. The van der Waals surface area contributed by atoms with Gasteiger partial charge < -0.3 is 9.47 Å². The van der Waals surface area contributed by atoms with Gasteiger partial charge in [-0.2, -0.15) is 0 Å². The highest BCUT2D eigenvalue weighted by Gasteiger charge is 2.23. The molecule has 2 heterocycles. The molecule has 3 aromatic rings. The molecule has 6 heteroatoms. The van der Waals surface area contributed by atoms with Gasteiger partial charge in [-0.15, -0.1) is 11.3 Å². The average Bonchev–Trinajstić information content (AvgIpc) is 2.90. The molecule has 0 spiro atoms. The van der Waals surface area contributed by atoms with E-state index in [9.17, 15) is 9.59 Å². The summed E-state index contributed by atoms with van der Waals surface area (Å²) in [5, 5.41) is 0.535. The first-order valence-electron chi connectivity index (χ1n) is 7.36. The van der Waals surface area contributed by atoms with E-state index in [2.05, 4.69) is 4.98 Å². The van der Waals surface area contributed by atoms with E-state index in [4.69, 9.17) is 0 Å². The van der Waals surface area contributed by atoms with Crippen LogP contribution in [0.25, 0.3) is 10.2 Å². The number of hydrogen-bond acceptors (Lipinski definition) is 4. The maximum absolute atomic E-state index is 13.0. The van der Waals surface area contributed by atoms with Gasteiger partial charge in [0, 0.05) is 19.3 Å². The molecule has 23 heavy (non-hydrogen) atoms. The molecule has 0 atom stereocenters. The van der Waals surface area contributed by atoms with E-state index in [1.807, 2.05) is 44.2 Å². The third-order valence-electron chi connectivity index (χ3n) is 3.83. The van der Waals surface area contributed by atoms with Crippen LogP contribution in [0.2, 0.25) is 0 Å². The minimum atomic E-state index is -0.120. The molecular weight excluding hydrogens is 310 g/mol. The van der Waals surface area contributed by atoms with Gasteiger partial charge in [-0.3, -0.25) is 9.59 Å². The number of aryl methyl sites for hydroxylation is 2. The average molecular weight is 327 g/mol. The smallest absolute Gasteiger partial charge is 0.268 e. The topological polar surface area (TPSA) is 55.2 Å². The van der Waals surface area contributed by atoms with Crippen LogP contribution in [0.4, 0.5) is 5.69 Å². The van der Waals surface area contributed by atoms with Crippen LogP contribution < -0.4 is 10.5 Å². The van der Waals surface area contributed by atoms with E-state index in [0.717, 1.165) is 5.69 Å². The number of nitrogens with zero attached hydrogens (tertiary/aromatic N) is 3. The summed E-state index contributed by atoms with van der Waals surface area (Å²) in [5.41, 5.74) is 1.43. The Labute approximate surface area is 137 Å². The lowest BCUT2D eigenvalue weighted by molar-refractivity contribution is 0.0991. The van der Waals surface area contributed by atoms with Crippen molar-refractivity contribution >= 4 is 33.1 Å². The van der Waals surface area contributed by atoms with Crippen molar-refractivity contribution in [2.75, 3.05) is 11.4 Å². The number of anilines is 1. The molecule has 118 valence electrons. The highest BCUT2D eigenvalue weighted by atomic mass is 32.1. The molecule has 0 unspecified atom stereocenters. The van der Waals surface area contributed by atoms with Crippen molar-refractivity contribution in [3.8, 4) is 0 Å². The van der Waals surface area contributed by atoms with E-state index in [1.165, 1.54) is 22.2 Å². The summed E-state index contributed by atoms with van der Waals surface area (Å²) in [7, 11) is 1.66. The van der Waals surface area contributed by atoms with Crippen molar-refractivity contribution in [2.45, 2.75) is 13.8 Å². The summed E-state index contributed by atoms with van der Waals surface area (Å²) in [5.74, 6) is -0.0961. The Balaban J connectivity index is 2.13. The molecule has 1 aromatic carbocycles. The fourth-order valence-corrected chi connectivity index (χ4v) is 3.68. The van der Waals surface area contributed by atoms with Gasteiger partial charge in [-0.1, -0.05) is 18.2 Å². The zero-order valence-electron chi connectivity index (χ0n) is 13.2. The molecule has 0 fully saturated rings. The predicted octanol–water partition coefficient (Wildman–Crippen LogP) is 2.97. The first-order valence-corrected chi connectivity index (χ1v) is 8.18. The van der Waals surface area contributed by atoms with Crippen LogP contribution in [0, 0.1) is 6.92 Å². The normalized spacial score (nSPS) is 10.9. The van der Waals surface area contributed by atoms with Gasteiger partial charge >= 0.3 is 0 Å². The van der Waals surface area contributed by atoms with Gasteiger partial charge in [0.25, 0.3) is 11.5 Å². The molecular formula is C17H17N3O2S. The van der Waals surface area contributed by atoms with Crippen molar-refractivity contribution < 1.29 is 4.79 Å². The number of para-hydroxylation sites is 1. The SMILES string of the molecule is CCN(C(=O)c1sc2ncn(C)c(=O)c2c1C)c1ccccc1. The first-order chi connectivity index (χ1) is 11.0. The Kier molecular flexibility index (Phi) is 4.00. The van der Waals surface area contributed by atoms with Gasteiger partial charge in [-0.05, 0) is 31.5 Å². The number of thiophene rings is 1. The number of fused-ring (bicyclic) bond motifs is 1. The zero-order valence-corrected chi connectivity index (χ0v) is 14.1. The summed E-state index contributed by atoms with van der Waals surface area (Å²) >= 11 is 1.28. The minimum Gasteiger partial charge on any atom is -0.308 e. The molecule has 0 radical (unpaired) electrons. The number of rotatable bonds is 3. The van der Waals surface area contributed by atoms with E-state index in [0.29, 0.717) is 27.2 Å². The number of amides is 1. The Morgan fingerprint density at radius 2 is 2.00 bits per heavy atom. The quantitative estimate of drug-likeness (QED) is 0.743. The van der Waals surface area contributed by atoms with Gasteiger partial charge in [0.05, 0.1) is 16.6 Å². The Morgan fingerprint density at radius 3 is 2.65 bits per heavy atom. The molecule has 0 aliphatic rings. The van der Waals surface area contributed by atoms with Crippen LogP contribution in [-0.4, -0.2) is 22.0 Å². The Bertz CT molecular complexity index is 928. The summed E-state index contributed by atoms with van der Waals surface area (Å²) in [6.45, 7) is 4.31. The number of aromatic nitrogens is 2. The van der Waals surface area contributed by atoms with Crippen molar-refractivity contribution in [3.05, 3.63) is 57.5 Å². The molecule has 0 aliphatic carbocycles. The minimum absolute atomic E-state index is 0.0961. The number of hydrogen-bond donors (Lipinski definition) is 0. The van der Waals surface area contributed by atoms with Crippen LogP contribution in [0.3, 0.4) is 0 Å². The second-order valence-corrected chi connectivity index (χ2v) is 6.28. The second-order valence-electron chi connectivity index (χ2n) is 5.28. The summed E-state index contributed by atoms with van der Waals surface area (Å²) in [4.78, 5) is 32.4. The zero-order chi connectivity index (χ0) is 16.6. The maximum Gasteiger partial charge on any atom is 0.268 e. The molecule has 3 rings (SSSR count). The van der Waals surface area contributed by atoms with Crippen LogP contribution in [0.1, 0.15) is 22.2 Å². The van der Waals surface area contributed by atoms with E-state index >= 15 is 0 Å². The van der Waals surface area contributed by atoms with Crippen molar-refractivity contribution in [1.82, 2.24) is 9.55 Å². The monoisotopic (exact) mass is 327 g/mol. The van der Waals surface area contributed by atoms with E-state index in [1.54, 1.807) is 11.9 Å². The fourth-order valence-electron chi connectivity index (χ4n) is 2.59. The number of benzene rings is 1. The fraction of sp³-hybridized carbons (Fsp3) is 0.235. The van der Waals surface area contributed by atoms with Gasteiger partial charge in [0.15, 0.2) is 0 Å². The van der Waals surface area contributed by atoms with Gasteiger partial charge in [0.1, 0.15) is 4.83 Å². The van der Waals surface area contributed by atoms with Crippen molar-refractivity contribution in [2.24, 2.45) is 7.05 Å². The lowest BCUT2D eigenvalue weighted by Gasteiger charge is -2.20. The molecule has 0 saturated heterocycles. The van der Waals surface area contributed by atoms with Crippen molar-refractivity contribution in [3.63, 3.8) is 0 Å². The molecule has 0 N–H and O–H groups in total. The molecule has 5 nitrogen and oxygen atoms in total. The predicted molar refractivity (Wildman–Crippen MR) is 93.4 cm³/mol. The second kappa shape index (κ2) is 5.96. The largest absolute Gasteiger partial charge is 0.308 e. The Hall–Kier alpha value is -2.47. The summed E-state index contributed by atoms with van der Waals surface area (Å²) in [6.07, 6.45) is 1.49. The van der Waals surface area contributed by atoms with Gasteiger partial charge in [0.2, 0.25) is 0 Å². The third kappa shape index (κ3) is 2.55. The van der Waals surface area contributed by atoms with Crippen LogP contribution in [0.5, 0.6) is 0 Å². The third-order valence-corrected chi connectivity index (χ3v) is 5.02. The van der Waals surface area contributed by atoms with Crippen molar-refractivity contribution in [1.29, 1.82) is 0 Å². The summed E-state index contributed by atoms with van der Waals surface area (Å²) in [6, 6.07) is 9.53. The standard InChI is InChI=1S/C17H17N3O2S/c1-4-20(12-8-6-5-7-9-12)17(22)14-11(2)13-15(23-14)18-10-19(3)16(13)21/h5-10H,4H2,1-3H3. The lowest BCUT2D eigenvalue weighted by atomic mass is 10.2. The number of carbonyl (C=O) groups excluding carboxylic acids is 1.